The van der Waals surface area contributed by atoms with Gasteiger partial charge in [0.05, 0.1) is 13.2 Å². The fourth-order valence-corrected chi connectivity index (χ4v) is 3.34. The number of anilines is 1. The summed E-state index contributed by atoms with van der Waals surface area (Å²) in [5.41, 5.74) is 1.05. The number of hydrogen-bond donors (Lipinski definition) is 1. The first-order valence-corrected chi connectivity index (χ1v) is 9.50. The van der Waals surface area contributed by atoms with E-state index in [9.17, 15) is 4.39 Å². The van der Waals surface area contributed by atoms with Crippen LogP contribution in [0.5, 0.6) is 11.6 Å². The van der Waals surface area contributed by atoms with Crippen molar-refractivity contribution in [1.82, 2.24) is 10.3 Å². The van der Waals surface area contributed by atoms with E-state index in [1.54, 1.807) is 7.11 Å². The van der Waals surface area contributed by atoms with E-state index in [-0.39, 0.29) is 24.3 Å². The van der Waals surface area contributed by atoms with E-state index in [1.807, 2.05) is 38.1 Å². The van der Waals surface area contributed by atoms with E-state index in [4.69, 9.17) is 14.5 Å². The van der Waals surface area contributed by atoms with Gasteiger partial charge >= 0.3 is 0 Å². The van der Waals surface area contributed by atoms with Gasteiger partial charge in [0.25, 0.3) is 5.88 Å². The Labute approximate surface area is 172 Å². The standard InChI is InChI=1S/C21H28FN3O2.ClH/c1-15(2)27-21-19(26-3)8-9-20(24-21)25(18-10-12-23-13-11-18)14-16-4-6-17(22)7-5-16;/h4-9,15,18,23H,10-14H2,1-3H3;1H. The van der Waals surface area contributed by atoms with E-state index in [1.165, 1.54) is 12.1 Å². The number of nitrogens with zero attached hydrogens (tertiary/aromatic N) is 2. The molecule has 0 saturated carbocycles. The molecule has 0 bridgehead atoms. The fraction of sp³-hybridized carbons (Fsp3) is 0.476. The summed E-state index contributed by atoms with van der Waals surface area (Å²) >= 11 is 0. The van der Waals surface area contributed by atoms with Crippen molar-refractivity contribution in [2.75, 3.05) is 25.1 Å². The number of halogens is 2. The molecule has 1 saturated heterocycles. The zero-order chi connectivity index (χ0) is 19.2. The van der Waals surface area contributed by atoms with Gasteiger partial charge in [-0.15, -0.1) is 12.4 Å². The topological polar surface area (TPSA) is 46.6 Å². The van der Waals surface area contributed by atoms with Gasteiger partial charge in [-0.25, -0.2) is 4.39 Å². The predicted octanol–water partition coefficient (Wildman–Crippen LogP) is 4.20. The van der Waals surface area contributed by atoms with Crippen LogP contribution in [0.25, 0.3) is 0 Å². The van der Waals surface area contributed by atoms with Crippen molar-refractivity contribution < 1.29 is 13.9 Å². The van der Waals surface area contributed by atoms with E-state index in [0.29, 0.717) is 24.2 Å². The van der Waals surface area contributed by atoms with Crippen molar-refractivity contribution >= 4 is 18.2 Å². The van der Waals surface area contributed by atoms with Gasteiger partial charge in [-0.2, -0.15) is 4.98 Å². The summed E-state index contributed by atoms with van der Waals surface area (Å²) in [6, 6.07) is 10.9. The minimum absolute atomic E-state index is 0. The van der Waals surface area contributed by atoms with Gasteiger partial charge in [0.15, 0.2) is 5.75 Å². The first-order valence-electron chi connectivity index (χ1n) is 9.50. The maximum atomic E-state index is 13.3. The predicted molar refractivity (Wildman–Crippen MR) is 112 cm³/mol. The van der Waals surface area contributed by atoms with Gasteiger partial charge in [-0.3, -0.25) is 0 Å². The Hall–Kier alpha value is -2.05. The molecule has 0 unspecified atom stereocenters. The molecule has 0 aliphatic carbocycles. The van der Waals surface area contributed by atoms with Crippen LogP contribution in [0.15, 0.2) is 36.4 Å². The van der Waals surface area contributed by atoms with Crippen LogP contribution in [-0.4, -0.2) is 37.3 Å². The van der Waals surface area contributed by atoms with Crippen LogP contribution >= 0.6 is 12.4 Å². The van der Waals surface area contributed by atoms with Crippen LogP contribution < -0.4 is 19.7 Å². The number of piperidine rings is 1. The molecule has 1 aromatic heterocycles. The Bertz CT molecular complexity index is 737. The van der Waals surface area contributed by atoms with Crippen molar-refractivity contribution in [3.8, 4) is 11.6 Å². The quantitative estimate of drug-likeness (QED) is 0.742. The lowest BCUT2D eigenvalue weighted by molar-refractivity contribution is 0.220. The molecule has 1 fully saturated rings. The molecule has 3 rings (SSSR count). The van der Waals surface area contributed by atoms with Crippen LogP contribution in [0.3, 0.4) is 0 Å². The molecule has 7 heteroatoms. The molecule has 28 heavy (non-hydrogen) atoms. The van der Waals surface area contributed by atoms with Crippen LogP contribution in [0.1, 0.15) is 32.3 Å². The smallest absolute Gasteiger partial charge is 0.259 e. The average molecular weight is 410 g/mol. The average Bonchev–Trinajstić information content (AvgIpc) is 2.68. The maximum absolute atomic E-state index is 13.3. The van der Waals surface area contributed by atoms with Crippen molar-refractivity contribution in [2.45, 2.75) is 45.4 Å². The molecule has 1 N–H and O–H groups in total. The number of nitrogens with one attached hydrogen (secondary N) is 1. The van der Waals surface area contributed by atoms with Gasteiger partial charge < -0.3 is 19.7 Å². The highest BCUT2D eigenvalue weighted by Crippen LogP contribution is 2.31. The van der Waals surface area contributed by atoms with Gasteiger partial charge in [0, 0.05) is 12.6 Å². The van der Waals surface area contributed by atoms with E-state index in [0.717, 1.165) is 37.3 Å². The third-order valence-corrected chi connectivity index (χ3v) is 4.69. The summed E-state index contributed by atoms with van der Waals surface area (Å²) in [5, 5.41) is 3.41. The SMILES string of the molecule is COc1ccc(N(Cc2ccc(F)cc2)C2CCNCC2)nc1OC(C)C.Cl. The van der Waals surface area contributed by atoms with Crippen molar-refractivity contribution in [3.05, 3.63) is 47.8 Å². The summed E-state index contributed by atoms with van der Waals surface area (Å²) in [6.45, 7) is 6.57. The molecule has 0 amide bonds. The summed E-state index contributed by atoms with van der Waals surface area (Å²) in [7, 11) is 1.62. The Morgan fingerprint density at radius 3 is 2.43 bits per heavy atom. The zero-order valence-corrected chi connectivity index (χ0v) is 17.5. The number of aromatic nitrogens is 1. The van der Waals surface area contributed by atoms with Gasteiger partial charge in [0.2, 0.25) is 0 Å². The number of benzene rings is 1. The number of methoxy groups -OCH3 is 1. The minimum atomic E-state index is -0.220. The van der Waals surface area contributed by atoms with E-state index >= 15 is 0 Å². The molecule has 1 aliphatic rings. The molecule has 154 valence electrons. The van der Waals surface area contributed by atoms with Gasteiger partial charge in [0.1, 0.15) is 11.6 Å². The second kappa shape index (κ2) is 10.5. The molecule has 5 nitrogen and oxygen atoms in total. The number of pyridine rings is 1. The summed E-state index contributed by atoms with van der Waals surface area (Å²) in [5.74, 6) is 1.76. The molecule has 0 spiro atoms. The minimum Gasteiger partial charge on any atom is -0.491 e. The van der Waals surface area contributed by atoms with Gasteiger partial charge in [-0.05, 0) is 69.6 Å². The lowest BCUT2D eigenvalue weighted by Gasteiger charge is -2.36. The first kappa shape index (κ1) is 22.2. The molecule has 2 heterocycles. The second-order valence-electron chi connectivity index (χ2n) is 7.08. The third kappa shape index (κ3) is 5.72. The van der Waals surface area contributed by atoms with E-state index in [2.05, 4.69) is 10.2 Å². The van der Waals surface area contributed by atoms with Crippen molar-refractivity contribution in [2.24, 2.45) is 0 Å². The van der Waals surface area contributed by atoms with Crippen molar-refractivity contribution in [3.63, 3.8) is 0 Å². The summed E-state index contributed by atoms with van der Waals surface area (Å²) in [6.07, 6.45) is 2.08. The Morgan fingerprint density at radius 1 is 1.14 bits per heavy atom. The van der Waals surface area contributed by atoms with Crippen molar-refractivity contribution in [1.29, 1.82) is 0 Å². The molecular formula is C21H29ClFN3O2. The zero-order valence-electron chi connectivity index (χ0n) is 16.7. The third-order valence-electron chi connectivity index (χ3n) is 4.69. The number of ether oxygens (including phenoxy) is 2. The second-order valence-corrected chi connectivity index (χ2v) is 7.08. The molecule has 0 radical (unpaired) electrons. The van der Waals surface area contributed by atoms with E-state index < -0.39 is 0 Å². The van der Waals surface area contributed by atoms with Crippen LogP contribution in [0, 0.1) is 5.82 Å². The summed E-state index contributed by atoms with van der Waals surface area (Å²) < 4.78 is 24.6. The highest BCUT2D eigenvalue weighted by Gasteiger charge is 2.24. The molecule has 1 aliphatic heterocycles. The largest absolute Gasteiger partial charge is 0.491 e. The lowest BCUT2D eigenvalue weighted by atomic mass is 10.0. The molecule has 1 aromatic carbocycles. The number of rotatable bonds is 7. The summed E-state index contributed by atoms with van der Waals surface area (Å²) in [4.78, 5) is 7.05. The lowest BCUT2D eigenvalue weighted by Crippen LogP contribution is -2.43. The molecule has 2 aromatic rings. The normalized spacial score (nSPS) is 14.5. The molecular weight excluding hydrogens is 381 g/mol. The monoisotopic (exact) mass is 409 g/mol. The van der Waals surface area contributed by atoms with Crippen LogP contribution in [0.2, 0.25) is 0 Å². The van der Waals surface area contributed by atoms with Gasteiger partial charge in [-0.1, -0.05) is 12.1 Å². The maximum Gasteiger partial charge on any atom is 0.259 e. The Balaban J connectivity index is 0.00000280. The Kier molecular flexibility index (Phi) is 8.33. The van der Waals surface area contributed by atoms with Crippen LogP contribution in [0.4, 0.5) is 10.2 Å². The van der Waals surface area contributed by atoms with Crippen LogP contribution in [-0.2, 0) is 6.54 Å². The fourth-order valence-electron chi connectivity index (χ4n) is 3.34. The highest BCUT2D eigenvalue weighted by molar-refractivity contribution is 5.85. The first-order chi connectivity index (χ1) is 13.1. The number of hydrogen-bond acceptors (Lipinski definition) is 5. The molecule has 0 atom stereocenters. The highest BCUT2D eigenvalue weighted by atomic mass is 35.5. The Morgan fingerprint density at radius 2 is 1.82 bits per heavy atom.